The van der Waals surface area contributed by atoms with Crippen molar-refractivity contribution >= 4 is 0 Å². The van der Waals surface area contributed by atoms with Gasteiger partial charge in [0.25, 0.3) is 0 Å². The van der Waals surface area contributed by atoms with Gasteiger partial charge in [0.2, 0.25) is 0 Å². The second-order valence-corrected chi connectivity index (χ2v) is 1.50. The van der Waals surface area contributed by atoms with Crippen molar-refractivity contribution in [2.75, 3.05) is 12.5 Å². The van der Waals surface area contributed by atoms with Gasteiger partial charge < -0.3 is 10.5 Å². The Bertz CT molecular complexity index is 171. The molecule has 0 aliphatic rings. The van der Waals surface area contributed by atoms with Crippen LogP contribution in [-0.4, -0.2) is 16.8 Å². The molecule has 0 radical (unpaired) electrons. The summed E-state index contributed by atoms with van der Waals surface area (Å²) in [6.07, 6.45) is 3.31. The molecule has 0 fully saturated rings. The molecule has 2 N–H and O–H groups in total. The predicted octanol–water partition coefficient (Wildman–Crippen LogP) is 0.367. The largest absolute Gasteiger partial charge is 0.506 e. The highest BCUT2D eigenvalue weighted by atomic mass is 16.3. The fraction of sp³-hybridized carbons (Fsp3) is 0.200. The Morgan fingerprint density at radius 1 is 1.75 bits per heavy atom. The third-order valence-corrected chi connectivity index (χ3v) is 0.935. The van der Waals surface area contributed by atoms with E-state index in [1.54, 1.807) is 30.2 Å². The van der Waals surface area contributed by atoms with Crippen molar-refractivity contribution < 1.29 is 5.11 Å². The molecule has 3 heteroatoms. The number of rotatable bonds is 1. The number of hydrogen-bond donors (Lipinski definition) is 2. The second kappa shape index (κ2) is 1.78. The standard InChI is InChI=1S/C5H8N2O/c1-6-7-3-2-5(8)4-7/h2-4,6,8H,1H3. The summed E-state index contributed by atoms with van der Waals surface area (Å²) < 4.78 is 1.66. The quantitative estimate of drug-likeness (QED) is 0.550. The minimum absolute atomic E-state index is 0.277. The van der Waals surface area contributed by atoms with Gasteiger partial charge in [-0.05, 0) is 6.07 Å². The van der Waals surface area contributed by atoms with E-state index in [1.165, 1.54) is 0 Å². The van der Waals surface area contributed by atoms with E-state index in [-0.39, 0.29) is 5.75 Å². The van der Waals surface area contributed by atoms with Crippen LogP contribution in [0, 0.1) is 0 Å². The highest BCUT2D eigenvalue weighted by Gasteiger charge is 1.86. The fourth-order valence-electron chi connectivity index (χ4n) is 0.524. The molecule has 1 heterocycles. The summed E-state index contributed by atoms with van der Waals surface area (Å²) in [5, 5.41) is 8.72. The van der Waals surface area contributed by atoms with E-state index in [0.717, 1.165) is 0 Å². The lowest BCUT2D eigenvalue weighted by Crippen LogP contribution is -2.03. The van der Waals surface area contributed by atoms with Gasteiger partial charge in [-0.3, -0.25) is 4.68 Å². The topological polar surface area (TPSA) is 37.2 Å². The summed E-state index contributed by atoms with van der Waals surface area (Å²) in [6.45, 7) is 0. The highest BCUT2D eigenvalue weighted by molar-refractivity contribution is 5.15. The van der Waals surface area contributed by atoms with E-state index in [4.69, 9.17) is 5.11 Å². The normalized spacial score (nSPS) is 9.12. The lowest BCUT2D eigenvalue weighted by molar-refractivity contribution is 0.475. The van der Waals surface area contributed by atoms with Crippen LogP contribution in [0.15, 0.2) is 18.5 Å². The van der Waals surface area contributed by atoms with Gasteiger partial charge in [-0.2, -0.15) is 0 Å². The van der Waals surface area contributed by atoms with Crippen LogP contribution in [0.5, 0.6) is 5.75 Å². The van der Waals surface area contributed by atoms with Gasteiger partial charge >= 0.3 is 0 Å². The maximum absolute atomic E-state index is 8.72. The SMILES string of the molecule is CNn1ccc(O)c1. The van der Waals surface area contributed by atoms with Crippen molar-refractivity contribution in [2.45, 2.75) is 0 Å². The Hall–Kier alpha value is -1.12. The lowest BCUT2D eigenvalue weighted by Gasteiger charge is -1.95. The maximum Gasteiger partial charge on any atom is 0.135 e. The molecule has 0 spiro atoms. The van der Waals surface area contributed by atoms with Gasteiger partial charge in [-0.15, -0.1) is 0 Å². The molecular weight excluding hydrogens is 104 g/mol. The van der Waals surface area contributed by atoms with E-state index in [2.05, 4.69) is 5.43 Å². The third-order valence-electron chi connectivity index (χ3n) is 0.935. The molecule has 3 nitrogen and oxygen atoms in total. The van der Waals surface area contributed by atoms with E-state index in [0.29, 0.717) is 0 Å². The molecule has 0 unspecified atom stereocenters. The first-order valence-corrected chi connectivity index (χ1v) is 2.37. The van der Waals surface area contributed by atoms with Crippen LogP contribution in [0.1, 0.15) is 0 Å². The van der Waals surface area contributed by atoms with Gasteiger partial charge in [-0.25, -0.2) is 0 Å². The molecule has 0 aliphatic carbocycles. The molecule has 0 saturated heterocycles. The van der Waals surface area contributed by atoms with E-state index in [1.807, 2.05) is 0 Å². The fourth-order valence-corrected chi connectivity index (χ4v) is 0.524. The molecule has 1 rings (SSSR count). The monoisotopic (exact) mass is 112 g/mol. The van der Waals surface area contributed by atoms with Crippen molar-refractivity contribution in [3.05, 3.63) is 18.5 Å². The summed E-state index contributed by atoms with van der Waals surface area (Å²) in [6, 6.07) is 1.61. The summed E-state index contributed by atoms with van der Waals surface area (Å²) in [4.78, 5) is 0. The number of aromatic hydroxyl groups is 1. The zero-order valence-corrected chi connectivity index (χ0v) is 4.63. The van der Waals surface area contributed by atoms with Gasteiger partial charge in [0.05, 0.1) is 6.20 Å². The van der Waals surface area contributed by atoms with Crippen LogP contribution >= 0.6 is 0 Å². The zero-order valence-electron chi connectivity index (χ0n) is 4.63. The van der Waals surface area contributed by atoms with Crippen molar-refractivity contribution in [1.82, 2.24) is 4.68 Å². The Morgan fingerprint density at radius 2 is 2.50 bits per heavy atom. The second-order valence-electron chi connectivity index (χ2n) is 1.50. The van der Waals surface area contributed by atoms with Crippen molar-refractivity contribution in [2.24, 2.45) is 0 Å². The van der Waals surface area contributed by atoms with Crippen LogP contribution in [-0.2, 0) is 0 Å². The minimum Gasteiger partial charge on any atom is -0.506 e. The first-order valence-electron chi connectivity index (χ1n) is 2.37. The Morgan fingerprint density at radius 3 is 2.75 bits per heavy atom. The third kappa shape index (κ3) is 0.753. The van der Waals surface area contributed by atoms with Gasteiger partial charge in [-0.1, -0.05) is 0 Å². The maximum atomic E-state index is 8.72. The van der Waals surface area contributed by atoms with Crippen molar-refractivity contribution in [3.63, 3.8) is 0 Å². The lowest BCUT2D eigenvalue weighted by atomic mass is 10.6. The van der Waals surface area contributed by atoms with Crippen LogP contribution in [0.3, 0.4) is 0 Å². The Balaban J connectivity index is 2.84. The number of nitrogens with one attached hydrogen (secondary N) is 1. The average molecular weight is 112 g/mol. The van der Waals surface area contributed by atoms with Crippen molar-refractivity contribution in [3.8, 4) is 5.75 Å². The molecule has 8 heavy (non-hydrogen) atoms. The molecule has 0 bridgehead atoms. The minimum atomic E-state index is 0.277. The van der Waals surface area contributed by atoms with Gasteiger partial charge in [0.1, 0.15) is 5.75 Å². The van der Waals surface area contributed by atoms with E-state index in [9.17, 15) is 0 Å². The average Bonchev–Trinajstić information content (AvgIpc) is 2.14. The summed E-state index contributed by atoms with van der Waals surface area (Å²) in [7, 11) is 1.78. The predicted molar refractivity (Wildman–Crippen MR) is 31.4 cm³/mol. The summed E-state index contributed by atoms with van der Waals surface area (Å²) in [5.74, 6) is 0.277. The number of nitrogens with zero attached hydrogens (tertiary/aromatic N) is 1. The zero-order chi connectivity index (χ0) is 5.98. The first kappa shape index (κ1) is 5.03. The summed E-state index contributed by atoms with van der Waals surface area (Å²) in [5.41, 5.74) is 2.80. The molecule has 1 aromatic heterocycles. The summed E-state index contributed by atoms with van der Waals surface area (Å²) >= 11 is 0. The molecule has 0 aromatic carbocycles. The van der Waals surface area contributed by atoms with Crippen molar-refractivity contribution in [1.29, 1.82) is 0 Å². The van der Waals surface area contributed by atoms with Crippen LogP contribution in [0.2, 0.25) is 0 Å². The molecule has 0 aliphatic heterocycles. The molecule has 0 saturated carbocycles. The van der Waals surface area contributed by atoms with Gasteiger partial charge in [0, 0.05) is 13.2 Å². The van der Waals surface area contributed by atoms with Crippen LogP contribution in [0.4, 0.5) is 0 Å². The highest BCUT2D eigenvalue weighted by Crippen LogP contribution is 2.04. The first-order chi connectivity index (χ1) is 3.83. The van der Waals surface area contributed by atoms with Crippen LogP contribution in [0.25, 0.3) is 0 Å². The number of aromatic nitrogens is 1. The Labute approximate surface area is 47.5 Å². The van der Waals surface area contributed by atoms with Gasteiger partial charge in [0.15, 0.2) is 0 Å². The Kier molecular flexibility index (Phi) is 1.12. The van der Waals surface area contributed by atoms with E-state index < -0.39 is 0 Å². The number of hydrogen-bond acceptors (Lipinski definition) is 2. The molecule has 44 valence electrons. The smallest absolute Gasteiger partial charge is 0.135 e. The van der Waals surface area contributed by atoms with E-state index >= 15 is 0 Å². The molecular formula is C5H8N2O. The molecule has 1 aromatic rings. The van der Waals surface area contributed by atoms with Crippen LogP contribution < -0.4 is 5.43 Å². The molecule has 0 amide bonds. The molecule has 0 atom stereocenters.